The Morgan fingerprint density at radius 3 is 3.36 bits per heavy atom. The Bertz CT molecular complexity index is 236. The lowest BCUT2D eigenvalue weighted by Gasteiger charge is -2.15. The molecule has 0 aromatic heterocycles. The van der Waals surface area contributed by atoms with E-state index in [-0.39, 0.29) is 0 Å². The fraction of sp³-hybridized carbons (Fsp3) is 0.167. The van der Waals surface area contributed by atoms with Crippen LogP contribution in [0.5, 0.6) is 0 Å². The van der Waals surface area contributed by atoms with Gasteiger partial charge in [-0.2, -0.15) is 0 Å². The second-order valence-electron chi connectivity index (χ2n) is 2.23. The predicted molar refractivity (Wildman–Crippen MR) is 36.1 cm³/mol. The molecule has 0 aliphatic carbocycles. The van der Waals surface area contributed by atoms with Gasteiger partial charge < -0.3 is 4.74 Å². The fourth-order valence-corrected chi connectivity index (χ4v) is 0.986. The van der Waals surface area contributed by atoms with Crippen LogP contribution in [0.3, 0.4) is 0 Å². The third kappa shape index (κ3) is 0.947. The zero-order chi connectivity index (χ0) is 7.68. The monoisotopic (exact) mass is 153 g/mol. The van der Waals surface area contributed by atoms with E-state index in [1.165, 1.54) is 11.3 Å². The second kappa shape index (κ2) is 2.28. The average Bonchev–Trinajstić information content (AvgIpc) is 2.46. The minimum absolute atomic E-state index is 0.536. The summed E-state index contributed by atoms with van der Waals surface area (Å²) in [6.07, 6.45) is 5.56. The average molecular weight is 153 g/mol. The van der Waals surface area contributed by atoms with E-state index in [1.807, 2.05) is 0 Å². The largest absolute Gasteiger partial charge is 0.469 e. The molecule has 2 rings (SSSR count). The lowest BCUT2D eigenvalue weighted by atomic mass is 10.4. The Kier molecular flexibility index (Phi) is 1.29. The predicted octanol–water partition coefficient (Wildman–Crippen LogP) is -0.477. The Labute approximate surface area is 63.5 Å². The van der Waals surface area contributed by atoms with Crippen LogP contribution in [0.1, 0.15) is 0 Å². The van der Waals surface area contributed by atoms with Gasteiger partial charge in [0, 0.05) is 0 Å². The van der Waals surface area contributed by atoms with Gasteiger partial charge in [-0.15, -0.1) is 5.53 Å². The van der Waals surface area contributed by atoms with Gasteiger partial charge in [0.15, 0.2) is 0 Å². The molecule has 2 aliphatic heterocycles. The first kappa shape index (κ1) is 6.23. The number of amides is 1. The van der Waals surface area contributed by atoms with Crippen molar-refractivity contribution in [1.82, 2.24) is 15.6 Å². The first-order valence-electron chi connectivity index (χ1n) is 3.19. The van der Waals surface area contributed by atoms with E-state index in [1.54, 1.807) is 17.5 Å². The summed E-state index contributed by atoms with van der Waals surface area (Å²) in [5.41, 5.74) is 3.72. The topological polar surface area (TPSA) is 44.8 Å². The number of fused-ring (bicyclic) bond motifs is 1. The highest BCUT2D eigenvalue weighted by Crippen LogP contribution is 2.14. The highest BCUT2D eigenvalue weighted by Gasteiger charge is 2.22. The van der Waals surface area contributed by atoms with Gasteiger partial charge in [0.1, 0.15) is 12.5 Å². The van der Waals surface area contributed by atoms with Crippen LogP contribution in [0.4, 0.5) is 0 Å². The van der Waals surface area contributed by atoms with E-state index in [2.05, 4.69) is 5.53 Å². The number of carbonyl (C=O) groups is 1. The minimum Gasteiger partial charge on any atom is -0.469 e. The van der Waals surface area contributed by atoms with Crippen LogP contribution in [-0.2, 0) is 9.53 Å². The zero-order valence-corrected chi connectivity index (χ0v) is 5.73. The van der Waals surface area contributed by atoms with E-state index < -0.39 is 0 Å². The van der Waals surface area contributed by atoms with Crippen LogP contribution < -0.4 is 5.53 Å². The van der Waals surface area contributed by atoms with Crippen LogP contribution in [0.25, 0.3) is 0 Å². The molecule has 0 atom stereocenters. The first-order valence-corrected chi connectivity index (χ1v) is 3.19. The quantitative estimate of drug-likeness (QED) is 0.517. The lowest BCUT2D eigenvalue weighted by molar-refractivity contribution is -0.120. The normalized spacial score (nSPS) is 20.9. The number of carbonyl (C=O) groups excluding carboxylic acids is 1. The van der Waals surface area contributed by atoms with Gasteiger partial charge in [-0.25, -0.2) is 0 Å². The van der Waals surface area contributed by atoms with Crippen LogP contribution >= 0.6 is 0 Å². The molecule has 58 valence electrons. The van der Waals surface area contributed by atoms with E-state index >= 15 is 0 Å². The van der Waals surface area contributed by atoms with Crippen molar-refractivity contribution in [2.24, 2.45) is 0 Å². The molecule has 0 radical (unpaired) electrons. The van der Waals surface area contributed by atoms with Crippen LogP contribution in [-0.4, -0.2) is 23.0 Å². The SMILES string of the molecule is O=CN1CC2=COC=CN2N1. The Morgan fingerprint density at radius 1 is 1.73 bits per heavy atom. The zero-order valence-electron chi connectivity index (χ0n) is 5.73. The molecular formula is C6H7N3O2. The van der Waals surface area contributed by atoms with Crippen molar-refractivity contribution < 1.29 is 9.53 Å². The second-order valence-corrected chi connectivity index (χ2v) is 2.23. The van der Waals surface area contributed by atoms with Crippen LogP contribution in [0, 0.1) is 0 Å². The van der Waals surface area contributed by atoms with Crippen molar-refractivity contribution in [1.29, 1.82) is 0 Å². The number of hydrogen-bond acceptors (Lipinski definition) is 4. The number of ether oxygens (including phenoxy) is 1. The molecule has 1 saturated heterocycles. The third-order valence-electron chi connectivity index (χ3n) is 1.50. The van der Waals surface area contributed by atoms with Crippen LogP contribution in [0.15, 0.2) is 24.4 Å². The molecule has 1 amide bonds. The molecule has 1 fully saturated rings. The number of hydrogen-bond donors (Lipinski definition) is 1. The molecule has 11 heavy (non-hydrogen) atoms. The van der Waals surface area contributed by atoms with Gasteiger partial charge in [-0.3, -0.25) is 14.8 Å². The molecule has 0 spiro atoms. The molecule has 5 heteroatoms. The summed E-state index contributed by atoms with van der Waals surface area (Å²) in [5, 5.41) is 3.14. The minimum atomic E-state index is 0.536. The first-order chi connectivity index (χ1) is 5.40. The molecule has 2 heterocycles. The maximum Gasteiger partial charge on any atom is 0.225 e. The number of hydrazine groups is 2. The summed E-state index contributed by atoms with van der Waals surface area (Å²) < 4.78 is 4.91. The lowest BCUT2D eigenvalue weighted by Crippen LogP contribution is -2.35. The molecular weight excluding hydrogens is 146 g/mol. The molecule has 1 N–H and O–H groups in total. The maximum atomic E-state index is 10.3. The van der Waals surface area contributed by atoms with Gasteiger partial charge in [-0.1, -0.05) is 0 Å². The van der Waals surface area contributed by atoms with Gasteiger partial charge in [0.25, 0.3) is 0 Å². The van der Waals surface area contributed by atoms with Crippen LogP contribution in [0.2, 0.25) is 0 Å². The van der Waals surface area contributed by atoms with E-state index in [9.17, 15) is 4.79 Å². The molecule has 0 saturated carbocycles. The summed E-state index contributed by atoms with van der Waals surface area (Å²) in [5.74, 6) is 0. The van der Waals surface area contributed by atoms with Crippen molar-refractivity contribution >= 4 is 6.41 Å². The fourth-order valence-electron chi connectivity index (χ4n) is 0.986. The highest BCUT2D eigenvalue weighted by molar-refractivity contribution is 5.47. The molecule has 0 unspecified atom stereocenters. The maximum absolute atomic E-state index is 10.3. The van der Waals surface area contributed by atoms with Crippen molar-refractivity contribution in [3.8, 4) is 0 Å². The number of nitrogens with one attached hydrogen (secondary N) is 1. The number of rotatable bonds is 1. The third-order valence-corrected chi connectivity index (χ3v) is 1.50. The standard InChI is InChI=1S/C6H7N3O2/c10-5-8-3-6-4-11-2-1-9(6)7-8/h1-2,4-5,7H,3H2. The molecule has 2 aliphatic rings. The highest BCUT2D eigenvalue weighted by atomic mass is 16.5. The van der Waals surface area contributed by atoms with Gasteiger partial charge in [-0.05, 0) is 0 Å². The number of nitrogens with zero attached hydrogens (tertiary/aromatic N) is 2. The molecule has 0 aromatic carbocycles. The van der Waals surface area contributed by atoms with Crippen molar-refractivity contribution in [3.63, 3.8) is 0 Å². The van der Waals surface area contributed by atoms with Crippen molar-refractivity contribution in [3.05, 3.63) is 24.4 Å². The van der Waals surface area contributed by atoms with Gasteiger partial charge >= 0.3 is 0 Å². The smallest absolute Gasteiger partial charge is 0.225 e. The summed E-state index contributed by atoms with van der Waals surface area (Å²) in [7, 11) is 0. The Morgan fingerprint density at radius 2 is 2.64 bits per heavy atom. The van der Waals surface area contributed by atoms with E-state index in [0.29, 0.717) is 6.54 Å². The summed E-state index contributed by atoms with van der Waals surface area (Å²) in [4.78, 5) is 10.3. The molecule has 5 nitrogen and oxygen atoms in total. The Balaban J connectivity index is 2.15. The summed E-state index contributed by atoms with van der Waals surface area (Å²) >= 11 is 0. The van der Waals surface area contributed by atoms with Gasteiger partial charge in [0.05, 0.1) is 18.4 Å². The van der Waals surface area contributed by atoms with E-state index in [0.717, 1.165) is 12.1 Å². The summed E-state index contributed by atoms with van der Waals surface area (Å²) in [6.45, 7) is 0.536. The Hall–Kier alpha value is -1.49. The van der Waals surface area contributed by atoms with Gasteiger partial charge in [0.2, 0.25) is 6.41 Å². The summed E-state index contributed by atoms with van der Waals surface area (Å²) in [6, 6.07) is 0. The molecule has 0 aromatic rings. The van der Waals surface area contributed by atoms with Crippen molar-refractivity contribution in [2.45, 2.75) is 0 Å². The molecule has 0 bridgehead atoms. The van der Waals surface area contributed by atoms with E-state index in [4.69, 9.17) is 4.74 Å². The van der Waals surface area contributed by atoms with Crippen molar-refractivity contribution in [2.75, 3.05) is 6.54 Å².